The monoisotopic (exact) mass is 444 g/mol. The van der Waals surface area contributed by atoms with Crippen LogP contribution in [0.25, 0.3) is 0 Å². The second kappa shape index (κ2) is 11.3. The SMILES string of the molecule is CSc1ccccc1CNc1ncc([N+](=O)[O-])c(NCC2CCC(CN(C)C)CC2)n1. The number of nitrogens with one attached hydrogen (secondary N) is 2. The van der Waals surface area contributed by atoms with E-state index in [0.717, 1.165) is 30.9 Å². The summed E-state index contributed by atoms with van der Waals surface area (Å²) in [4.78, 5) is 23.0. The lowest BCUT2D eigenvalue weighted by Crippen LogP contribution is -2.28. The minimum Gasteiger partial charge on any atom is -0.364 e. The largest absolute Gasteiger partial charge is 0.364 e. The van der Waals surface area contributed by atoms with Gasteiger partial charge in [-0.25, -0.2) is 4.98 Å². The highest BCUT2D eigenvalue weighted by molar-refractivity contribution is 7.98. The van der Waals surface area contributed by atoms with Gasteiger partial charge in [-0.3, -0.25) is 10.1 Å². The maximum atomic E-state index is 11.5. The summed E-state index contributed by atoms with van der Waals surface area (Å²) in [6, 6.07) is 8.12. The molecular formula is C22H32N6O2S. The molecule has 8 nitrogen and oxygen atoms in total. The lowest BCUT2D eigenvalue weighted by Gasteiger charge is -2.30. The summed E-state index contributed by atoms with van der Waals surface area (Å²) in [5.74, 6) is 1.94. The van der Waals surface area contributed by atoms with Gasteiger partial charge in [-0.2, -0.15) is 4.98 Å². The molecule has 0 aliphatic heterocycles. The van der Waals surface area contributed by atoms with Crippen molar-refractivity contribution in [2.75, 3.05) is 44.1 Å². The zero-order chi connectivity index (χ0) is 22.2. The summed E-state index contributed by atoms with van der Waals surface area (Å²) in [6.45, 7) is 2.39. The topological polar surface area (TPSA) is 96.2 Å². The van der Waals surface area contributed by atoms with Crippen molar-refractivity contribution in [3.63, 3.8) is 0 Å². The molecule has 0 atom stereocenters. The van der Waals surface area contributed by atoms with Crippen molar-refractivity contribution >= 4 is 29.2 Å². The number of benzene rings is 1. The van der Waals surface area contributed by atoms with Gasteiger partial charge in [-0.05, 0) is 69.5 Å². The van der Waals surface area contributed by atoms with E-state index in [2.05, 4.69) is 51.7 Å². The summed E-state index contributed by atoms with van der Waals surface area (Å²) in [5, 5.41) is 17.9. The van der Waals surface area contributed by atoms with Crippen molar-refractivity contribution in [1.29, 1.82) is 0 Å². The van der Waals surface area contributed by atoms with Gasteiger partial charge in [0.05, 0.1) is 4.92 Å². The lowest BCUT2D eigenvalue weighted by atomic mass is 9.82. The highest BCUT2D eigenvalue weighted by atomic mass is 32.2. The number of rotatable bonds is 10. The number of thioether (sulfide) groups is 1. The van der Waals surface area contributed by atoms with E-state index in [1.807, 2.05) is 18.4 Å². The molecule has 0 spiro atoms. The van der Waals surface area contributed by atoms with Crippen LogP contribution in [0, 0.1) is 22.0 Å². The lowest BCUT2D eigenvalue weighted by molar-refractivity contribution is -0.384. The normalized spacial score (nSPS) is 18.7. The Bertz CT molecular complexity index is 871. The zero-order valence-electron chi connectivity index (χ0n) is 18.5. The number of nitro groups is 1. The van der Waals surface area contributed by atoms with E-state index in [0.29, 0.717) is 25.0 Å². The molecule has 1 saturated carbocycles. The second-order valence-corrected chi connectivity index (χ2v) is 9.23. The molecule has 1 aromatic carbocycles. The van der Waals surface area contributed by atoms with Crippen LogP contribution in [0.5, 0.6) is 0 Å². The van der Waals surface area contributed by atoms with Gasteiger partial charge < -0.3 is 15.5 Å². The van der Waals surface area contributed by atoms with E-state index in [-0.39, 0.29) is 11.5 Å². The Balaban J connectivity index is 1.61. The zero-order valence-corrected chi connectivity index (χ0v) is 19.3. The van der Waals surface area contributed by atoms with Gasteiger partial charge >= 0.3 is 5.69 Å². The van der Waals surface area contributed by atoms with Crippen LogP contribution in [0.4, 0.5) is 17.5 Å². The molecule has 0 amide bonds. The minimum absolute atomic E-state index is 0.0867. The van der Waals surface area contributed by atoms with Gasteiger partial charge in [0, 0.05) is 24.5 Å². The van der Waals surface area contributed by atoms with Gasteiger partial charge in [0.1, 0.15) is 6.20 Å². The molecule has 1 heterocycles. The number of aromatic nitrogens is 2. The molecule has 31 heavy (non-hydrogen) atoms. The van der Waals surface area contributed by atoms with Crippen LogP contribution in [0.3, 0.4) is 0 Å². The molecule has 0 saturated heterocycles. The summed E-state index contributed by atoms with van der Waals surface area (Å²) < 4.78 is 0. The molecule has 2 aromatic rings. The van der Waals surface area contributed by atoms with Crippen molar-refractivity contribution in [2.24, 2.45) is 11.8 Å². The first-order valence-corrected chi connectivity index (χ1v) is 11.9. The molecule has 0 radical (unpaired) electrons. The standard InChI is InChI=1S/C22H32N6O2S/c1-27(2)15-17-10-8-16(9-11-17)12-23-21-19(28(29)30)14-25-22(26-21)24-13-18-6-4-5-7-20(18)31-3/h4-7,14,16-17H,8-13,15H2,1-3H3,(H2,23,24,25,26). The maximum absolute atomic E-state index is 11.5. The summed E-state index contributed by atoms with van der Waals surface area (Å²) in [5.41, 5.74) is 1.05. The minimum atomic E-state index is -0.427. The Morgan fingerprint density at radius 3 is 2.55 bits per heavy atom. The van der Waals surface area contributed by atoms with Gasteiger partial charge in [0.2, 0.25) is 11.8 Å². The predicted molar refractivity (Wildman–Crippen MR) is 127 cm³/mol. The highest BCUT2D eigenvalue weighted by Crippen LogP contribution is 2.30. The van der Waals surface area contributed by atoms with Gasteiger partial charge in [0.25, 0.3) is 0 Å². The first-order valence-electron chi connectivity index (χ1n) is 10.7. The average molecular weight is 445 g/mol. The maximum Gasteiger partial charge on any atom is 0.329 e. The van der Waals surface area contributed by atoms with Gasteiger partial charge in [-0.15, -0.1) is 11.8 Å². The highest BCUT2D eigenvalue weighted by Gasteiger charge is 2.23. The van der Waals surface area contributed by atoms with E-state index in [9.17, 15) is 10.1 Å². The second-order valence-electron chi connectivity index (χ2n) is 8.38. The van der Waals surface area contributed by atoms with Crippen molar-refractivity contribution in [3.8, 4) is 0 Å². The smallest absolute Gasteiger partial charge is 0.329 e. The fraction of sp³-hybridized carbons (Fsp3) is 0.545. The quantitative estimate of drug-likeness (QED) is 0.314. The van der Waals surface area contributed by atoms with Crippen LogP contribution in [0.15, 0.2) is 35.4 Å². The van der Waals surface area contributed by atoms with Crippen LogP contribution < -0.4 is 10.6 Å². The first kappa shape index (κ1) is 23.3. The number of hydrogen-bond donors (Lipinski definition) is 2. The number of hydrogen-bond acceptors (Lipinski definition) is 8. The fourth-order valence-corrected chi connectivity index (χ4v) is 4.74. The van der Waals surface area contributed by atoms with E-state index < -0.39 is 4.92 Å². The van der Waals surface area contributed by atoms with Crippen LogP contribution in [-0.4, -0.2) is 53.2 Å². The third-order valence-electron chi connectivity index (χ3n) is 5.74. The molecule has 2 N–H and O–H groups in total. The molecule has 1 aliphatic carbocycles. The molecular weight excluding hydrogens is 412 g/mol. The molecule has 0 unspecified atom stereocenters. The van der Waals surface area contributed by atoms with Crippen LogP contribution >= 0.6 is 11.8 Å². The molecule has 3 rings (SSSR count). The third-order valence-corrected chi connectivity index (χ3v) is 6.58. The Morgan fingerprint density at radius 1 is 1.16 bits per heavy atom. The Morgan fingerprint density at radius 2 is 1.87 bits per heavy atom. The molecule has 1 aromatic heterocycles. The summed E-state index contributed by atoms with van der Waals surface area (Å²) in [7, 11) is 4.24. The summed E-state index contributed by atoms with van der Waals surface area (Å²) >= 11 is 1.68. The van der Waals surface area contributed by atoms with E-state index in [1.165, 1.54) is 23.9 Å². The Labute approximate surface area is 188 Å². The Kier molecular flexibility index (Phi) is 8.48. The van der Waals surface area contributed by atoms with Crippen molar-refractivity contribution < 1.29 is 4.92 Å². The van der Waals surface area contributed by atoms with Gasteiger partial charge in [-0.1, -0.05) is 18.2 Å². The average Bonchev–Trinajstić information content (AvgIpc) is 2.77. The van der Waals surface area contributed by atoms with Crippen LogP contribution in [-0.2, 0) is 6.54 Å². The van der Waals surface area contributed by atoms with E-state index in [4.69, 9.17) is 0 Å². The van der Waals surface area contributed by atoms with Crippen molar-refractivity contribution in [3.05, 3.63) is 46.1 Å². The Hall–Kier alpha value is -2.39. The summed E-state index contributed by atoms with van der Waals surface area (Å²) in [6.07, 6.45) is 8.02. The number of anilines is 2. The molecule has 1 aliphatic rings. The van der Waals surface area contributed by atoms with Gasteiger partial charge in [0.15, 0.2) is 0 Å². The van der Waals surface area contributed by atoms with E-state index >= 15 is 0 Å². The molecule has 9 heteroatoms. The number of nitrogens with zero attached hydrogens (tertiary/aromatic N) is 4. The third kappa shape index (κ3) is 6.80. The van der Waals surface area contributed by atoms with Crippen LogP contribution in [0.2, 0.25) is 0 Å². The first-order chi connectivity index (χ1) is 15.0. The van der Waals surface area contributed by atoms with Crippen molar-refractivity contribution in [2.45, 2.75) is 37.1 Å². The van der Waals surface area contributed by atoms with Crippen molar-refractivity contribution in [1.82, 2.24) is 14.9 Å². The molecule has 168 valence electrons. The predicted octanol–water partition coefficient (Wildman–Crippen LogP) is 4.50. The molecule has 1 fully saturated rings. The fourth-order valence-electron chi connectivity index (χ4n) is 4.12. The molecule has 0 bridgehead atoms. The van der Waals surface area contributed by atoms with E-state index in [1.54, 1.807) is 11.8 Å². The van der Waals surface area contributed by atoms with Crippen LogP contribution in [0.1, 0.15) is 31.2 Å².